The van der Waals surface area contributed by atoms with Crippen molar-refractivity contribution in [1.29, 1.82) is 0 Å². The number of cyclic esters (lactones) is 1. The Kier molecular flexibility index (Phi) is 19.3. The lowest BCUT2D eigenvalue weighted by Crippen LogP contribution is -2.52. The number of aliphatic hydroxyl groups excluding tert-OH is 1. The quantitative estimate of drug-likeness (QED) is 0.0517. The third-order valence-corrected chi connectivity index (χ3v) is 10.5. The number of hydrogen-bond donors (Lipinski definition) is 5. The Hall–Kier alpha value is -2.81. The van der Waals surface area contributed by atoms with Crippen LogP contribution in [0.5, 0.6) is 0 Å². The summed E-state index contributed by atoms with van der Waals surface area (Å²) in [6, 6.07) is 4.91. The van der Waals surface area contributed by atoms with Crippen molar-refractivity contribution < 1.29 is 53.8 Å². The number of methoxy groups -OCH3 is 1. The Morgan fingerprint density at radius 3 is 2.48 bits per heavy atom. The maximum absolute atomic E-state index is 12.9. The van der Waals surface area contributed by atoms with Crippen LogP contribution < -0.4 is 5.32 Å². The van der Waals surface area contributed by atoms with Gasteiger partial charge in [-0.05, 0) is 82.3 Å². The van der Waals surface area contributed by atoms with Gasteiger partial charge in [-0.2, -0.15) is 0 Å². The van der Waals surface area contributed by atoms with Crippen LogP contribution in [0.4, 0.5) is 0 Å². The van der Waals surface area contributed by atoms with Crippen molar-refractivity contribution in [3.8, 4) is 0 Å². The van der Waals surface area contributed by atoms with Crippen molar-refractivity contribution in [3.05, 3.63) is 69.8 Å². The monoisotopic (exact) mass is 799 g/mol. The molecule has 1 fully saturated rings. The number of carbonyl (C=O) groups excluding carboxylic acids is 2. The van der Waals surface area contributed by atoms with Gasteiger partial charge in [0.1, 0.15) is 23.9 Å². The van der Waals surface area contributed by atoms with E-state index in [1.807, 2.05) is 19.9 Å². The molecule has 0 amide bonds. The van der Waals surface area contributed by atoms with Crippen LogP contribution in [0, 0.1) is 11.8 Å². The first-order valence-electron chi connectivity index (χ1n) is 18.3. The van der Waals surface area contributed by atoms with Crippen molar-refractivity contribution in [2.75, 3.05) is 13.7 Å². The molecule has 2 heterocycles. The van der Waals surface area contributed by atoms with E-state index in [1.165, 1.54) is 13.8 Å². The summed E-state index contributed by atoms with van der Waals surface area (Å²) < 4.78 is 23.2. The zero-order chi connectivity index (χ0) is 40.8. The molecular formula is C40H59Cl2NO11. The van der Waals surface area contributed by atoms with Gasteiger partial charge in [0.15, 0.2) is 0 Å². The number of halogens is 2. The van der Waals surface area contributed by atoms with E-state index in [1.54, 1.807) is 56.5 Å². The van der Waals surface area contributed by atoms with Crippen LogP contribution in [0.15, 0.2) is 54.2 Å². The number of benzene rings is 1. The molecule has 11 atom stereocenters. The fraction of sp³-hybridized carbons (Fsp3) is 0.625. The highest BCUT2D eigenvalue weighted by atomic mass is 35.5. The van der Waals surface area contributed by atoms with Crippen LogP contribution >= 0.6 is 23.2 Å². The molecule has 1 aromatic rings. The first kappa shape index (κ1) is 47.3. The molecule has 54 heavy (non-hydrogen) atoms. The molecule has 0 saturated carbocycles. The first-order chi connectivity index (χ1) is 25.3. The number of rotatable bonds is 14. The summed E-state index contributed by atoms with van der Waals surface area (Å²) >= 11 is 12.5. The molecule has 0 bridgehead atoms. The van der Waals surface area contributed by atoms with Gasteiger partial charge in [-0.1, -0.05) is 74.3 Å². The first-order valence-corrected chi connectivity index (χ1v) is 19.0. The van der Waals surface area contributed by atoms with E-state index in [4.69, 9.17) is 52.1 Å². The van der Waals surface area contributed by atoms with Gasteiger partial charge in [0, 0.05) is 35.9 Å². The van der Waals surface area contributed by atoms with Crippen molar-refractivity contribution in [2.45, 2.75) is 134 Å². The van der Waals surface area contributed by atoms with E-state index in [9.17, 15) is 24.9 Å². The lowest BCUT2D eigenvalue weighted by Gasteiger charge is -2.32. The minimum Gasteiger partial charge on any atom is -0.483 e. The molecule has 12 nitrogen and oxygen atoms in total. The lowest BCUT2D eigenvalue weighted by molar-refractivity contribution is -0.157. The number of nitrogens with one attached hydrogen (secondary N) is 1. The highest BCUT2D eigenvalue weighted by Gasteiger charge is 2.54. The summed E-state index contributed by atoms with van der Waals surface area (Å²) in [6.07, 6.45) is 6.81. The summed E-state index contributed by atoms with van der Waals surface area (Å²) in [6.45, 7) is 12.6. The number of carbonyl (C=O) groups is 3. The predicted molar refractivity (Wildman–Crippen MR) is 207 cm³/mol. The summed E-state index contributed by atoms with van der Waals surface area (Å²) in [5.41, 5.74) is -1.22. The maximum Gasteiger partial charge on any atom is 0.309 e. The van der Waals surface area contributed by atoms with Gasteiger partial charge in [0.25, 0.3) is 6.47 Å². The number of esters is 2. The van der Waals surface area contributed by atoms with Gasteiger partial charge in [-0.3, -0.25) is 14.4 Å². The molecular weight excluding hydrogens is 741 g/mol. The summed E-state index contributed by atoms with van der Waals surface area (Å²) in [5, 5.41) is 45.1. The van der Waals surface area contributed by atoms with Gasteiger partial charge in [0.05, 0.1) is 36.4 Å². The van der Waals surface area contributed by atoms with E-state index in [0.29, 0.717) is 28.6 Å². The number of hydrogen-bond acceptors (Lipinski definition) is 11. The summed E-state index contributed by atoms with van der Waals surface area (Å²) in [5.74, 6) is -1.42. The second kappa shape index (κ2) is 22.1. The lowest BCUT2D eigenvalue weighted by atomic mass is 9.87. The summed E-state index contributed by atoms with van der Waals surface area (Å²) in [4.78, 5) is 33.1. The molecule has 2 aliphatic heterocycles. The molecule has 3 rings (SSSR count). The van der Waals surface area contributed by atoms with Crippen LogP contribution in [0.25, 0.3) is 0 Å². The van der Waals surface area contributed by atoms with E-state index < -0.39 is 53.4 Å². The average Bonchev–Trinajstić information content (AvgIpc) is 3.87. The summed E-state index contributed by atoms with van der Waals surface area (Å²) in [7, 11) is 1.70. The second-order valence-corrected chi connectivity index (χ2v) is 15.4. The Balaban J connectivity index is 0.00000325. The molecule has 2 aliphatic rings. The van der Waals surface area contributed by atoms with Crippen LogP contribution in [-0.2, 0) is 39.8 Å². The van der Waals surface area contributed by atoms with Gasteiger partial charge < -0.3 is 44.7 Å². The van der Waals surface area contributed by atoms with E-state index in [0.717, 1.165) is 12.0 Å². The zero-order valence-corrected chi connectivity index (χ0v) is 34.0. The van der Waals surface area contributed by atoms with Crippen LogP contribution in [0.1, 0.15) is 79.7 Å². The van der Waals surface area contributed by atoms with Gasteiger partial charge in [-0.15, -0.1) is 0 Å². The Morgan fingerprint density at radius 2 is 1.89 bits per heavy atom. The number of aliphatic hydroxyl groups is 3. The Bertz CT molecular complexity index is 1460. The van der Waals surface area contributed by atoms with Gasteiger partial charge in [-0.25, -0.2) is 0 Å². The number of epoxide rings is 1. The van der Waals surface area contributed by atoms with E-state index in [2.05, 4.69) is 19.2 Å². The van der Waals surface area contributed by atoms with Crippen LogP contribution in [0.3, 0.4) is 0 Å². The number of ether oxygens (including phenoxy) is 4. The fourth-order valence-electron chi connectivity index (χ4n) is 6.76. The van der Waals surface area contributed by atoms with Gasteiger partial charge >= 0.3 is 11.9 Å². The molecule has 1 saturated heterocycles. The number of allylic oxidation sites excluding steroid dienone is 2. The zero-order valence-electron chi connectivity index (χ0n) is 32.5. The van der Waals surface area contributed by atoms with Gasteiger partial charge in [0.2, 0.25) is 0 Å². The molecule has 0 aromatic heterocycles. The third-order valence-electron chi connectivity index (χ3n) is 9.96. The molecule has 1 aromatic carbocycles. The largest absolute Gasteiger partial charge is 0.483 e. The minimum absolute atomic E-state index is 0.0147. The fourth-order valence-corrected chi connectivity index (χ4v) is 7.26. The molecule has 0 spiro atoms. The van der Waals surface area contributed by atoms with Crippen molar-refractivity contribution in [1.82, 2.24) is 5.32 Å². The average molecular weight is 801 g/mol. The van der Waals surface area contributed by atoms with Crippen LogP contribution in [0.2, 0.25) is 10.0 Å². The second-order valence-electron chi connectivity index (χ2n) is 14.6. The minimum atomic E-state index is -1.46. The smallest absolute Gasteiger partial charge is 0.309 e. The molecule has 2 unspecified atom stereocenters. The maximum atomic E-state index is 12.9. The topological polar surface area (TPSA) is 184 Å². The van der Waals surface area contributed by atoms with Crippen molar-refractivity contribution in [2.24, 2.45) is 11.8 Å². The molecule has 5 N–H and O–H groups in total. The Morgan fingerprint density at radius 1 is 1.22 bits per heavy atom. The predicted octanol–water partition coefficient (Wildman–Crippen LogP) is 5.61. The third kappa shape index (κ3) is 14.7. The number of carboxylic acid groups (broad SMARTS) is 1. The molecule has 14 heteroatoms. The van der Waals surface area contributed by atoms with E-state index >= 15 is 0 Å². The van der Waals surface area contributed by atoms with Crippen LogP contribution in [-0.4, -0.2) is 106 Å². The molecule has 304 valence electrons. The Labute approximate surface area is 329 Å². The van der Waals surface area contributed by atoms with Crippen molar-refractivity contribution >= 4 is 41.6 Å². The highest BCUT2D eigenvalue weighted by Crippen LogP contribution is 2.39. The normalized spacial score (nSPS) is 29.9. The molecule has 0 radical (unpaired) electrons. The van der Waals surface area contributed by atoms with Crippen molar-refractivity contribution in [3.63, 3.8) is 0 Å². The molecule has 0 aliphatic carbocycles. The standard InChI is InChI=1S/C39H57Cl2NO9.CH2O2/c1-9-31(48-8)25(4)35-36(51-35)37(42-20-17-27-13-14-28(40)21-30(27)41)39(7,47)18-10-11-23(2)34-24(3)12-15-32(49-26(5)43)38(6,46)19-16-29(44)22-33(45)50-34;2-1-3/h10-15,18,21,24-25,29,31-32,34-37,42,44,46-47H,9,16-17,19-20,22H2,1-8H3;1H,(H,2,3)/b15-12+,18-10+,23-11+;/t24-,25+,29+,31-,32-,34-,35+,36-,37?,38+,39?;/m0./s1. The SMILES string of the molecule is CC[C@H](OC)[C@@H](C)[C@H]1O[C@@H]1C(NCCc1ccc(Cl)cc1Cl)C(C)(O)/C=C/C=C(\C)[C@@H]1OC(=O)C[C@H](O)CC[C@@](C)(O)[C@@H](OC(C)=O)/C=C/[C@@H]1C.O=CO. The van der Waals surface area contributed by atoms with E-state index in [-0.39, 0.29) is 50.0 Å². The highest BCUT2D eigenvalue weighted by molar-refractivity contribution is 6.35.